The molecule has 3 rings (SSSR count). The molecule has 0 aromatic carbocycles. The molecule has 0 aliphatic heterocycles. The molecule has 0 fully saturated rings. The number of nitrogens with zero attached hydrogens (tertiary/aromatic N) is 4. The molecule has 5 heteroatoms. The van der Waals surface area contributed by atoms with Crippen molar-refractivity contribution in [3.05, 3.63) is 23.8 Å². The average Bonchev–Trinajstić information content (AvgIpc) is 2.99. The third-order valence-corrected chi connectivity index (χ3v) is 3.33. The van der Waals surface area contributed by atoms with Gasteiger partial charge in [-0.15, -0.1) is 10.2 Å². The van der Waals surface area contributed by atoms with Crippen molar-refractivity contribution in [1.82, 2.24) is 24.6 Å². The molecule has 0 spiro atoms. The standard InChI is InChI=1S/C13H17N5/c1-3-5-6-10-16-17-11-8-15-13-12(18(10)11)9(4-2)7-14-13/h7-8,14H,3-6H2,1-2H3. The van der Waals surface area contributed by atoms with E-state index in [1.54, 1.807) is 6.20 Å². The van der Waals surface area contributed by atoms with Crippen LogP contribution < -0.4 is 0 Å². The number of aromatic amines is 1. The summed E-state index contributed by atoms with van der Waals surface area (Å²) in [7, 11) is 0. The number of rotatable bonds is 4. The second-order valence-electron chi connectivity index (χ2n) is 4.54. The summed E-state index contributed by atoms with van der Waals surface area (Å²) < 4.78 is 2.15. The highest BCUT2D eigenvalue weighted by Crippen LogP contribution is 2.20. The van der Waals surface area contributed by atoms with Gasteiger partial charge in [0, 0.05) is 12.6 Å². The second kappa shape index (κ2) is 4.40. The Bertz CT molecular complexity index is 679. The Morgan fingerprint density at radius 3 is 2.94 bits per heavy atom. The maximum atomic E-state index is 4.39. The van der Waals surface area contributed by atoms with Crippen LogP contribution in [0, 0.1) is 0 Å². The Balaban J connectivity index is 2.28. The van der Waals surface area contributed by atoms with Crippen molar-refractivity contribution in [1.29, 1.82) is 0 Å². The van der Waals surface area contributed by atoms with Gasteiger partial charge in [-0.2, -0.15) is 0 Å². The van der Waals surface area contributed by atoms with E-state index in [1.165, 1.54) is 5.56 Å². The zero-order valence-electron chi connectivity index (χ0n) is 10.8. The highest BCUT2D eigenvalue weighted by atomic mass is 15.3. The number of unbranched alkanes of at least 4 members (excludes halogenated alkanes) is 1. The van der Waals surface area contributed by atoms with Crippen molar-refractivity contribution in [3.63, 3.8) is 0 Å². The van der Waals surface area contributed by atoms with Crippen LogP contribution in [0.25, 0.3) is 16.8 Å². The van der Waals surface area contributed by atoms with Crippen molar-refractivity contribution in [2.45, 2.75) is 39.5 Å². The molecule has 0 amide bonds. The summed E-state index contributed by atoms with van der Waals surface area (Å²) in [5.74, 6) is 1.04. The molecule has 0 atom stereocenters. The summed E-state index contributed by atoms with van der Waals surface area (Å²) >= 11 is 0. The molecule has 0 saturated heterocycles. The predicted octanol–water partition coefficient (Wildman–Crippen LogP) is 2.51. The Kier molecular flexibility index (Phi) is 2.74. The lowest BCUT2D eigenvalue weighted by molar-refractivity contribution is 0.747. The molecule has 3 aromatic rings. The van der Waals surface area contributed by atoms with Gasteiger partial charge in [-0.3, -0.25) is 4.40 Å². The summed E-state index contributed by atoms with van der Waals surface area (Å²) in [5, 5.41) is 8.51. The number of aromatic nitrogens is 5. The average molecular weight is 243 g/mol. The summed E-state index contributed by atoms with van der Waals surface area (Å²) in [6.07, 6.45) is 8.05. The molecule has 94 valence electrons. The molecule has 0 saturated carbocycles. The van der Waals surface area contributed by atoms with E-state index in [2.05, 4.69) is 38.4 Å². The van der Waals surface area contributed by atoms with E-state index in [-0.39, 0.29) is 0 Å². The summed E-state index contributed by atoms with van der Waals surface area (Å²) in [4.78, 5) is 7.61. The SMILES string of the molecule is CCCCc1nnc2cnc3[nH]cc(CC)c3n12. The van der Waals surface area contributed by atoms with Crippen molar-refractivity contribution >= 4 is 16.8 Å². The molecule has 0 unspecified atom stereocenters. The highest BCUT2D eigenvalue weighted by molar-refractivity contribution is 5.78. The molecule has 1 N–H and O–H groups in total. The number of nitrogens with one attached hydrogen (secondary N) is 1. The molecule has 3 aromatic heterocycles. The van der Waals surface area contributed by atoms with Gasteiger partial charge in [-0.1, -0.05) is 20.3 Å². The lowest BCUT2D eigenvalue weighted by atomic mass is 10.2. The van der Waals surface area contributed by atoms with Gasteiger partial charge in [0.05, 0.1) is 11.7 Å². The van der Waals surface area contributed by atoms with Gasteiger partial charge in [0.15, 0.2) is 11.3 Å². The predicted molar refractivity (Wildman–Crippen MR) is 70.6 cm³/mol. The van der Waals surface area contributed by atoms with E-state index in [0.29, 0.717) is 0 Å². The van der Waals surface area contributed by atoms with E-state index in [1.807, 2.05) is 6.20 Å². The third kappa shape index (κ3) is 1.58. The van der Waals surface area contributed by atoms with Crippen LogP contribution in [0.2, 0.25) is 0 Å². The van der Waals surface area contributed by atoms with Crippen LogP contribution in [-0.4, -0.2) is 24.6 Å². The van der Waals surface area contributed by atoms with Crippen LogP contribution in [0.5, 0.6) is 0 Å². The van der Waals surface area contributed by atoms with E-state index >= 15 is 0 Å². The van der Waals surface area contributed by atoms with Crippen molar-refractivity contribution < 1.29 is 0 Å². The Labute approximate surface area is 105 Å². The van der Waals surface area contributed by atoms with Gasteiger partial charge in [0.25, 0.3) is 0 Å². The molecular formula is C13H17N5. The Morgan fingerprint density at radius 1 is 1.28 bits per heavy atom. The molecule has 5 nitrogen and oxygen atoms in total. The Hall–Kier alpha value is -1.91. The van der Waals surface area contributed by atoms with Crippen LogP contribution in [-0.2, 0) is 12.8 Å². The molecule has 0 bridgehead atoms. The zero-order chi connectivity index (χ0) is 12.5. The fraction of sp³-hybridized carbons (Fsp3) is 0.462. The van der Waals surface area contributed by atoms with Crippen molar-refractivity contribution in [2.75, 3.05) is 0 Å². The first-order valence-electron chi connectivity index (χ1n) is 6.54. The summed E-state index contributed by atoms with van der Waals surface area (Å²) in [6.45, 7) is 4.34. The van der Waals surface area contributed by atoms with Crippen LogP contribution in [0.3, 0.4) is 0 Å². The van der Waals surface area contributed by atoms with Crippen LogP contribution in [0.4, 0.5) is 0 Å². The maximum absolute atomic E-state index is 4.39. The van der Waals surface area contributed by atoms with Gasteiger partial charge >= 0.3 is 0 Å². The minimum absolute atomic E-state index is 0.836. The smallest absolute Gasteiger partial charge is 0.179 e. The first kappa shape index (κ1) is 11.2. The summed E-state index contributed by atoms with van der Waals surface area (Å²) in [6, 6.07) is 0. The van der Waals surface area contributed by atoms with Gasteiger partial charge in [0.1, 0.15) is 5.82 Å². The Morgan fingerprint density at radius 2 is 2.17 bits per heavy atom. The maximum Gasteiger partial charge on any atom is 0.179 e. The topological polar surface area (TPSA) is 58.9 Å². The number of hydrogen-bond donors (Lipinski definition) is 1. The van der Waals surface area contributed by atoms with Gasteiger partial charge < -0.3 is 4.98 Å². The van der Waals surface area contributed by atoms with E-state index in [9.17, 15) is 0 Å². The molecule has 0 aliphatic carbocycles. The quantitative estimate of drug-likeness (QED) is 0.766. The fourth-order valence-corrected chi connectivity index (χ4v) is 2.34. The highest BCUT2D eigenvalue weighted by Gasteiger charge is 2.13. The first-order chi connectivity index (χ1) is 8.85. The van der Waals surface area contributed by atoms with Crippen molar-refractivity contribution in [3.8, 4) is 0 Å². The largest absolute Gasteiger partial charge is 0.345 e. The molecule has 18 heavy (non-hydrogen) atoms. The monoisotopic (exact) mass is 243 g/mol. The van der Waals surface area contributed by atoms with Crippen LogP contribution in [0.15, 0.2) is 12.4 Å². The lowest BCUT2D eigenvalue weighted by Crippen LogP contribution is -1.98. The van der Waals surface area contributed by atoms with E-state index in [4.69, 9.17) is 0 Å². The fourth-order valence-electron chi connectivity index (χ4n) is 2.34. The van der Waals surface area contributed by atoms with Crippen LogP contribution >= 0.6 is 0 Å². The summed E-state index contributed by atoms with van der Waals surface area (Å²) in [5.41, 5.74) is 4.14. The molecule has 0 radical (unpaired) electrons. The number of fused-ring (bicyclic) bond motifs is 3. The normalized spacial score (nSPS) is 11.7. The van der Waals surface area contributed by atoms with E-state index in [0.717, 1.165) is 48.3 Å². The minimum Gasteiger partial charge on any atom is -0.345 e. The zero-order valence-corrected chi connectivity index (χ0v) is 10.8. The van der Waals surface area contributed by atoms with Gasteiger partial charge in [-0.05, 0) is 18.4 Å². The second-order valence-corrected chi connectivity index (χ2v) is 4.54. The van der Waals surface area contributed by atoms with E-state index < -0.39 is 0 Å². The number of H-pyrrole nitrogens is 1. The number of hydrogen-bond acceptors (Lipinski definition) is 3. The van der Waals surface area contributed by atoms with Gasteiger partial charge in [-0.25, -0.2) is 4.98 Å². The molecule has 3 heterocycles. The van der Waals surface area contributed by atoms with Gasteiger partial charge in [0.2, 0.25) is 0 Å². The van der Waals surface area contributed by atoms with Crippen LogP contribution in [0.1, 0.15) is 38.1 Å². The molecule has 0 aliphatic rings. The lowest BCUT2D eigenvalue weighted by Gasteiger charge is -2.02. The first-order valence-corrected chi connectivity index (χ1v) is 6.54. The number of aryl methyl sites for hydroxylation is 2. The van der Waals surface area contributed by atoms with Crippen molar-refractivity contribution in [2.24, 2.45) is 0 Å². The molecular weight excluding hydrogens is 226 g/mol. The minimum atomic E-state index is 0.836. The third-order valence-electron chi connectivity index (χ3n) is 3.33.